The van der Waals surface area contributed by atoms with Gasteiger partial charge >= 0.3 is 6.03 Å². The smallest absolute Gasteiger partial charge is 0.320 e. The van der Waals surface area contributed by atoms with Crippen LogP contribution in [0.25, 0.3) is 0 Å². The molecule has 1 fully saturated rings. The van der Waals surface area contributed by atoms with E-state index in [2.05, 4.69) is 20.2 Å². The maximum atomic E-state index is 12.2. The Morgan fingerprint density at radius 3 is 2.83 bits per heavy atom. The van der Waals surface area contributed by atoms with Crippen LogP contribution in [0.4, 0.5) is 9.80 Å². The highest BCUT2D eigenvalue weighted by Gasteiger charge is 2.34. The Morgan fingerprint density at radius 1 is 1.26 bits per heavy atom. The lowest BCUT2D eigenvalue weighted by atomic mass is 10.0. The molecular weight excluding hydrogens is 316 g/mol. The summed E-state index contributed by atoms with van der Waals surface area (Å²) < 4.78 is 14.9. The van der Waals surface area contributed by atoms with Gasteiger partial charge in [0.15, 0.2) is 11.5 Å². The van der Waals surface area contributed by atoms with Gasteiger partial charge in [0.05, 0.1) is 12.2 Å². The Kier molecular flexibility index (Phi) is 3.74. The number of anilines is 1. The van der Waals surface area contributed by atoms with Crippen molar-refractivity contribution >= 4 is 22.6 Å². The van der Waals surface area contributed by atoms with Crippen LogP contribution in [0.2, 0.25) is 0 Å². The van der Waals surface area contributed by atoms with E-state index in [-0.39, 0.29) is 12.1 Å². The first-order valence-electron chi connectivity index (χ1n) is 7.54. The lowest BCUT2D eigenvalue weighted by Crippen LogP contribution is -2.33. The average molecular weight is 332 g/mol. The molecule has 0 spiro atoms. The number of nitrogens with zero attached hydrogens (tertiary/aromatic N) is 2. The molecule has 4 rings (SSSR count). The molecule has 7 nitrogen and oxygen atoms in total. The van der Waals surface area contributed by atoms with Crippen molar-refractivity contribution in [3.63, 3.8) is 0 Å². The topological polar surface area (TPSA) is 85.4 Å². The SMILES string of the molecule is O=C(Nc1cnns1)NC(c1ccc2c(c1)OCCO2)C1CC1. The third kappa shape index (κ3) is 3.21. The zero-order valence-corrected chi connectivity index (χ0v) is 13.1. The van der Waals surface area contributed by atoms with Crippen LogP contribution >= 0.6 is 11.5 Å². The number of hydrogen-bond donors (Lipinski definition) is 2. The molecule has 1 atom stereocenters. The lowest BCUT2D eigenvalue weighted by molar-refractivity contribution is 0.171. The molecule has 2 amide bonds. The van der Waals surface area contributed by atoms with Gasteiger partial charge in [0.1, 0.15) is 18.2 Å². The Morgan fingerprint density at radius 2 is 2.09 bits per heavy atom. The van der Waals surface area contributed by atoms with E-state index in [1.165, 1.54) is 6.20 Å². The highest BCUT2D eigenvalue weighted by molar-refractivity contribution is 7.10. The van der Waals surface area contributed by atoms with E-state index >= 15 is 0 Å². The summed E-state index contributed by atoms with van der Waals surface area (Å²) in [4.78, 5) is 12.2. The molecule has 0 bridgehead atoms. The minimum absolute atomic E-state index is 0.0355. The van der Waals surface area contributed by atoms with E-state index in [1.54, 1.807) is 0 Å². The molecule has 0 saturated heterocycles. The van der Waals surface area contributed by atoms with Crippen LogP contribution in [0.5, 0.6) is 11.5 Å². The van der Waals surface area contributed by atoms with Crippen LogP contribution in [-0.2, 0) is 0 Å². The highest BCUT2D eigenvalue weighted by Crippen LogP contribution is 2.43. The van der Waals surface area contributed by atoms with Gasteiger partial charge in [-0.15, -0.1) is 5.10 Å². The van der Waals surface area contributed by atoms with Crippen molar-refractivity contribution < 1.29 is 14.3 Å². The average Bonchev–Trinajstić information content (AvgIpc) is 3.29. The number of ether oxygens (including phenoxy) is 2. The van der Waals surface area contributed by atoms with Gasteiger partial charge in [0.2, 0.25) is 0 Å². The Bertz CT molecular complexity index is 703. The first kappa shape index (κ1) is 14.3. The van der Waals surface area contributed by atoms with Crippen LogP contribution in [0, 0.1) is 5.92 Å². The first-order valence-corrected chi connectivity index (χ1v) is 8.31. The quantitative estimate of drug-likeness (QED) is 0.899. The van der Waals surface area contributed by atoms with Gasteiger partial charge in [0.25, 0.3) is 0 Å². The molecule has 2 aromatic rings. The van der Waals surface area contributed by atoms with E-state index in [9.17, 15) is 4.79 Å². The molecule has 2 heterocycles. The molecule has 8 heteroatoms. The van der Waals surface area contributed by atoms with E-state index in [0.29, 0.717) is 24.1 Å². The summed E-state index contributed by atoms with van der Waals surface area (Å²) in [5, 5.41) is 10.1. The Labute approximate surface area is 137 Å². The van der Waals surface area contributed by atoms with E-state index in [0.717, 1.165) is 41.4 Å². The Hall–Kier alpha value is -2.35. The summed E-state index contributed by atoms with van der Waals surface area (Å²) in [7, 11) is 0. The zero-order valence-electron chi connectivity index (χ0n) is 12.3. The van der Waals surface area contributed by atoms with Crippen molar-refractivity contribution in [3.05, 3.63) is 30.0 Å². The molecule has 1 saturated carbocycles. The molecule has 1 aliphatic heterocycles. The number of fused-ring (bicyclic) bond motifs is 1. The van der Waals surface area contributed by atoms with Gasteiger partial charge in [-0.05, 0) is 36.5 Å². The number of hydrogen-bond acceptors (Lipinski definition) is 6. The third-order valence-corrected chi connectivity index (χ3v) is 4.48. The second kappa shape index (κ2) is 6.04. The molecule has 1 aromatic carbocycles. The molecule has 1 aliphatic carbocycles. The van der Waals surface area contributed by atoms with Crippen molar-refractivity contribution in [2.75, 3.05) is 18.5 Å². The van der Waals surface area contributed by atoms with E-state index < -0.39 is 0 Å². The summed E-state index contributed by atoms with van der Waals surface area (Å²) in [5.41, 5.74) is 1.04. The normalized spacial score (nSPS) is 17.4. The first-order chi connectivity index (χ1) is 11.3. The lowest BCUT2D eigenvalue weighted by Gasteiger charge is -2.23. The largest absolute Gasteiger partial charge is 0.486 e. The van der Waals surface area contributed by atoms with E-state index in [4.69, 9.17) is 9.47 Å². The zero-order chi connectivity index (χ0) is 15.6. The number of rotatable bonds is 4. The summed E-state index contributed by atoms with van der Waals surface area (Å²) in [5.74, 6) is 1.96. The van der Waals surface area contributed by atoms with Gasteiger partial charge in [0, 0.05) is 11.5 Å². The molecule has 2 N–H and O–H groups in total. The van der Waals surface area contributed by atoms with E-state index in [1.807, 2.05) is 18.2 Å². The monoisotopic (exact) mass is 332 g/mol. The number of amides is 2. The van der Waals surface area contributed by atoms with Gasteiger partial charge < -0.3 is 14.8 Å². The molecule has 2 aliphatic rings. The maximum Gasteiger partial charge on any atom is 0.320 e. The van der Waals surface area contributed by atoms with Crippen molar-refractivity contribution in [1.82, 2.24) is 14.9 Å². The van der Waals surface area contributed by atoms with Gasteiger partial charge in [-0.2, -0.15) is 0 Å². The minimum Gasteiger partial charge on any atom is -0.486 e. The molecule has 0 radical (unpaired) electrons. The van der Waals surface area contributed by atoms with Crippen molar-refractivity contribution in [3.8, 4) is 11.5 Å². The minimum atomic E-state index is -0.247. The Balaban J connectivity index is 1.50. The van der Waals surface area contributed by atoms with Gasteiger partial charge in [-0.25, -0.2) is 4.79 Å². The van der Waals surface area contributed by atoms with Crippen LogP contribution in [0.1, 0.15) is 24.4 Å². The van der Waals surface area contributed by atoms with Crippen molar-refractivity contribution in [2.24, 2.45) is 5.92 Å². The maximum absolute atomic E-state index is 12.2. The van der Waals surface area contributed by atoms with Gasteiger partial charge in [-0.1, -0.05) is 10.6 Å². The molecular formula is C15H16N4O3S. The number of carbonyl (C=O) groups excluding carboxylic acids is 1. The molecule has 1 unspecified atom stereocenters. The second-order valence-electron chi connectivity index (χ2n) is 5.60. The summed E-state index contributed by atoms with van der Waals surface area (Å²) in [6, 6.07) is 5.58. The van der Waals surface area contributed by atoms with Crippen LogP contribution < -0.4 is 20.1 Å². The number of carbonyl (C=O) groups is 1. The predicted molar refractivity (Wildman–Crippen MR) is 85.0 cm³/mol. The summed E-state index contributed by atoms with van der Waals surface area (Å²) in [6.45, 7) is 1.12. The van der Waals surface area contributed by atoms with Crippen molar-refractivity contribution in [2.45, 2.75) is 18.9 Å². The molecule has 1 aromatic heterocycles. The molecule has 120 valence electrons. The fourth-order valence-electron chi connectivity index (χ4n) is 2.67. The van der Waals surface area contributed by atoms with Crippen molar-refractivity contribution in [1.29, 1.82) is 0 Å². The second-order valence-corrected chi connectivity index (χ2v) is 6.38. The third-order valence-electron chi connectivity index (χ3n) is 3.90. The summed E-state index contributed by atoms with van der Waals surface area (Å²) in [6.07, 6.45) is 3.75. The van der Waals surface area contributed by atoms with Crippen LogP contribution in [-0.4, -0.2) is 28.8 Å². The van der Waals surface area contributed by atoms with Gasteiger partial charge in [-0.3, -0.25) is 5.32 Å². The fraction of sp³-hybridized carbons (Fsp3) is 0.400. The highest BCUT2D eigenvalue weighted by atomic mass is 32.1. The fourth-order valence-corrected chi connectivity index (χ4v) is 3.08. The number of nitrogens with one attached hydrogen (secondary N) is 2. The number of urea groups is 1. The van der Waals surface area contributed by atoms with Crippen LogP contribution in [0.3, 0.4) is 0 Å². The standard InChI is InChI=1S/C15H16N4O3S/c20-15(17-13-8-16-19-23-13)18-14(9-1-2-9)10-3-4-11-12(7-10)22-6-5-21-11/h3-4,7-9,14H,1-2,5-6H2,(H2,17,18,20). The summed E-state index contributed by atoms with van der Waals surface area (Å²) >= 11 is 1.15. The predicted octanol–water partition coefficient (Wildman–Crippen LogP) is 2.58. The van der Waals surface area contributed by atoms with Crippen LogP contribution in [0.15, 0.2) is 24.4 Å². The number of aromatic nitrogens is 2. The number of benzene rings is 1. The molecule has 23 heavy (non-hydrogen) atoms.